The molecule has 0 fully saturated rings. The maximum atomic E-state index is 11.9. The van der Waals surface area contributed by atoms with Crippen LogP contribution in [-0.4, -0.2) is 11.0 Å². The minimum absolute atomic E-state index is 0.467. The Kier molecular flexibility index (Phi) is 3.65. The van der Waals surface area contributed by atoms with E-state index < -0.39 is 11.5 Å². The summed E-state index contributed by atoms with van der Waals surface area (Å²) in [7, 11) is 0. The third-order valence-electron chi connectivity index (χ3n) is 2.80. The van der Waals surface area contributed by atoms with Crippen LogP contribution in [0.15, 0.2) is 60.7 Å². The minimum Gasteiger partial charge on any atom is -0.372 e. The van der Waals surface area contributed by atoms with Gasteiger partial charge >= 0.3 is 0 Å². The van der Waals surface area contributed by atoms with Gasteiger partial charge in [-0.1, -0.05) is 60.7 Å². The number of aliphatic hydroxyl groups is 1. The lowest BCUT2D eigenvalue weighted by molar-refractivity contribution is -0.134. The molecular weight excluding hydrogens is 250 g/mol. The summed E-state index contributed by atoms with van der Waals surface area (Å²) in [6.07, 6.45) is 0. The fraction of sp³-hybridized carbons (Fsp3) is 0.0714. The van der Waals surface area contributed by atoms with E-state index in [9.17, 15) is 9.90 Å². The Morgan fingerprint density at radius 2 is 1.33 bits per heavy atom. The van der Waals surface area contributed by atoms with E-state index in [1.54, 1.807) is 48.5 Å². The van der Waals surface area contributed by atoms with Crippen LogP contribution in [0.1, 0.15) is 11.1 Å². The van der Waals surface area contributed by atoms with Crippen LogP contribution in [0, 0.1) is 0 Å². The van der Waals surface area contributed by atoms with Crippen LogP contribution < -0.4 is 4.84 Å². The summed E-state index contributed by atoms with van der Waals surface area (Å²) in [5, 5.41) is 10.7. The lowest BCUT2D eigenvalue weighted by Gasteiger charge is -2.26. The average molecular weight is 262 g/mol. The normalized spacial score (nSPS) is 11.0. The molecule has 0 atom stereocenters. The topological polar surface area (TPSA) is 49.3 Å². The van der Waals surface area contributed by atoms with Gasteiger partial charge in [-0.15, -0.1) is 0 Å². The first-order chi connectivity index (χ1) is 8.69. The second-order valence-corrected chi connectivity index (χ2v) is 4.06. The molecule has 0 unspecified atom stereocenters. The van der Waals surface area contributed by atoms with E-state index in [0.29, 0.717) is 11.1 Å². The number of halogens is 1. The van der Waals surface area contributed by atoms with Gasteiger partial charge in [0, 0.05) is 11.8 Å². The van der Waals surface area contributed by atoms with Crippen molar-refractivity contribution in [2.75, 3.05) is 0 Å². The molecule has 0 saturated carbocycles. The summed E-state index contributed by atoms with van der Waals surface area (Å²) >= 11 is 5.38. The van der Waals surface area contributed by atoms with E-state index in [2.05, 4.69) is 0 Å². The molecule has 1 amide bonds. The highest BCUT2D eigenvalue weighted by Crippen LogP contribution is 2.29. The van der Waals surface area contributed by atoms with Gasteiger partial charge in [0.15, 0.2) is 5.60 Å². The highest BCUT2D eigenvalue weighted by Gasteiger charge is 2.39. The van der Waals surface area contributed by atoms with Crippen LogP contribution in [0.4, 0.5) is 0 Å². The highest BCUT2D eigenvalue weighted by atomic mass is 35.5. The molecule has 0 aliphatic heterocycles. The molecule has 3 nitrogen and oxygen atoms in total. The van der Waals surface area contributed by atoms with E-state index in [1.165, 1.54) is 0 Å². The van der Waals surface area contributed by atoms with E-state index in [4.69, 9.17) is 11.8 Å². The van der Waals surface area contributed by atoms with Gasteiger partial charge < -0.3 is 5.11 Å². The molecule has 0 aliphatic carbocycles. The van der Waals surface area contributed by atoms with Crippen molar-refractivity contribution in [3.8, 4) is 0 Å². The molecule has 18 heavy (non-hydrogen) atoms. The minimum atomic E-state index is -1.79. The summed E-state index contributed by atoms with van der Waals surface area (Å²) in [5.41, 5.74) is -0.853. The monoisotopic (exact) mass is 261 g/mol. The fourth-order valence-corrected chi connectivity index (χ4v) is 1.99. The van der Waals surface area contributed by atoms with Gasteiger partial charge in [-0.25, -0.2) is 0 Å². The number of rotatable bonds is 3. The number of nitrogens with one attached hydrogen (secondary N) is 1. The smallest absolute Gasteiger partial charge is 0.275 e. The Balaban J connectivity index is 2.59. The summed E-state index contributed by atoms with van der Waals surface area (Å²) < 4.78 is 0. The van der Waals surface area contributed by atoms with E-state index in [0.717, 1.165) is 0 Å². The molecule has 0 aliphatic rings. The number of carbonyl (C=O) groups is 1. The summed E-state index contributed by atoms with van der Waals surface area (Å²) in [4.78, 5) is 13.9. The molecular formula is C14H12ClNO2. The first-order valence-electron chi connectivity index (χ1n) is 5.44. The summed E-state index contributed by atoms with van der Waals surface area (Å²) in [6, 6.07) is 17.4. The van der Waals surface area contributed by atoms with Crippen molar-refractivity contribution >= 4 is 17.7 Å². The number of hydrogen-bond acceptors (Lipinski definition) is 2. The van der Waals surface area contributed by atoms with Crippen molar-refractivity contribution in [1.29, 1.82) is 0 Å². The standard InChI is InChI=1S/C14H12ClNO2/c15-16-13(17)14(18,11-7-3-1-4-8-11)12-9-5-2-6-10-12/h1-10,18H,(H,16,17). The number of carbonyl (C=O) groups excluding carboxylic acids is 1. The number of amides is 1. The van der Waals surface area contributed by atoms with Crippen LogP contribution in [0.2, 0.25) is 0 Å². The second-order valence-electron chi connectivity index (χ2n) is 3.87. The van der Waals surface area contributed by atoms with Crippen molar-refractivity contribution in [2.24, 2.45) is 0 Å². The Morgan fingerprint density at radius 1 is 0.944 bits per heavy atom. The summed E-state index contributed by atoms with van der Waals surface area (Å²) in [6.45, 7) is 0. The number of benzene rings is 2. The molecule has 2 aromatic carbocycles. The van der Waals surface area contributed by atoms with Crippen LogP contribution in [0.5, 0.6) is 0 Å². The van der Waals surface area contributed by atoms with Crippen molar-refractivity contribution in [2.45, 2.75) is 5.60 Å². The van der Waals surface area contributed by atoms with Crippen molar-refractivity contribution in [3.05, 3.63) is 71.8 Å². The first kappa shape index (κ1) is 12.6. The predicted octanol–water partition coefficient (Wildman–Crippen LogP) is 2.19. The van der Waals surface area contributed by atoms with E-state index in [-0.39, 0.29) is 0 Å². The fourth-order valence-electron chi connectivity index (χ4n) is 1.86. The Labute approximate surface area is 110 Å². The van der Waals surface area contributed by atoms with Crippen molar-refractivity contribution in [3.63, 3.8) is 0 Å². The second kappa shape index (κ2) is 5.21. The predicted molar refractivity (Wildman–Crippen MR) is 69.9 cm³/mol. The van der Waals surface area contributed by atoms with Crippen molar-refractivity contribution in [1.82, 2.24) is 4.84 Å². The Bertz CT molecular complexity index is 489. The molecule has 0 spiro atoms. The molecule has 0 heterocycles. The van der Waals surface area contributed by atoms with Crippen LogP contribution in [0.25, 0.3) is 0 Å². The van der Waals surface area contributed by atoms with Gasteiger partial charge in [-0.05, 0) is 11.1 Å². The molecule has 0 aromatic heterocycles. The Morgan fingerprint density at radius 3 is 1.67 bits per heavy atom. The molecule has 2 N–H and O–H groups in total. The number of hydrogen-bond donors (Lipinski definition) is 2. The van der Waals surface area contributed by atoms with Crippen LogP contribution in [0.3, 0.4) is 0 Å². The summed E-state index contributed by atoms with van der Waals surface area (Å²) in [5.74, 6) is -0.679. The Hall–Kier alpha value is -1.84. The van der Waals surface area contributed by atoms with E-state index in [1.807, 2.05) is 17.0 Å². The lowest BCUT2D eigenvalue weighted by atomic mass is 9.86. The van der Waals surface area contributed by atoms with Gasteiger partial charge in [-0.3, -0.25) is 9.63 Å². The van der Waals surface area contributed by atoms with Gasteiger partial charge in [-0.2, -0.15) is 0 Å². The zero-order chi connectivity index (χ0) is 13.0. The first-order valence-corrected chi connectivity index (χ1v) is 5.82. The molecule has 0 radical (unpaired) electrons. The molecule has 2 rings (SSSR count). The van der Waals surface area contributed by atoms with Crippen molar-refractivity contribution < 1.29 is 9.90 Å². The quantitative estimate of drug-likeness (QED) is 0.832. The molecule has 0 saturated heterocycles. The van der Waals surface area contributed by atoms with Gasteiger partial charge in [0.25, 0.3) is 5.91 Å². The molecule has 4 heteroatoms. The molecule has 0 bridgehead atoms. The van der Waals surface area contributed by atoms with Gasteiger partial charge in [0.2, 0.25) is 0 Å². The van der Waals surface area contributed by atoms with Crippen LogP contribution >= 0.6 is 11.8 Å². The zero-order valence-corrected chi connectivity index (χ0v) is 10.3. The largest absolute Gasteiger partial charge is 0.372 e. The highest BCUT2D eigenvalue weighted by molar-refractivity contribution is 6.23. The van der Waals surface area contributed by atoms with E-state index >= 15 is 0 Å². The SMILES string of the molecule is O=C(NCl)C(O)(c1ccccc1)c1ccccc1. The lowest BCUT2D eigenvalue weighted by Crippen LogP contribution is -2.42. The maximum absolute atomic E-state index is 11.9. The van der Waals surface area contributed by atoms with Crippen LogP contribution in [-0.2, 0) is 10.4 Å². The maximum Gasteiger partial charge on any atom is 0.275 e. The average Bonchev–Trinajstić information content (AvgIpc) is 2.47. The third kappa shape index (κ3) is 2.10. The van der Waals surface area contributed by atoms with Gasteiger partial charge in [0.1, 0.15) is 0 Å². The van der Waals surface area contributed by atoms with Gasteiger partial charge in [0.05, 0.1) is 0 Å². The molecule has 2 aromatic rings. The zero-order valence-electron chi connectivity index (χ0n) is 9.51. The molecule has 92 valence electrons. The third-order valence-corrected chi connectivity index (χ3v) is 2.97.